The summed E-state index contributed by atoms with van der Waals surface area (Å²) in [4.78, 5) is 7.50. The number of nitriles is 1. The van der Waals surface area contributed by atoms with Crippen molar-refractivity contribution in [1.29, 1.82) is 5.26 Å². The van der Waals surface area contributed by atoms with Gasteiger partial charge in [-0.2, -0.15) is 5.26 Å². The van der Waals surface area contributed by atoms with E-state index in [4.69, 9.17) is 5.26 Å². The average molecular weight is 340 g/mol. The van der Waals surface area contributed by atoms with Gasteiger partial charge in [-0.3, -0.25) is 0 Å². The summed E-state index contributed by atoms with van der Waals surface area (Å²) in [7, 11) is -3.70. The van der Waals surface area contributed by atoms with Gasteiger partial charge in [0.05, 0.1) is 21.5 Å². The molecule has 2 aromatic carbocycles. The molecule has 0 radical (unpaired) electrons. The summed E-state index contributed by atoms with van der Waals surface area (Å²) in [6.45, 7) is 2.14. The number of nitrogens with zero attached hydrogens (tertiary/aromatic N) is 2. The Hall–Kier alpha value is -2.69. The summed E-state index contributed by atoms with van der Waals surface area (Å²) < 4.78 is 27.2. The molecule has 0 saturated heterocycles. The second-order valence-corrected chi connectivity index (χ2v) is 7.16. The number of hydrogen-bond donors (Lipinski definition) is 2. The topological polar surface area (TPSA) is 98.6 Å². The lowest BCUT2D eigenvalue weighted by atomic mass is 10.1. The molecule has 6 nitrogen and oxygen atoms in total. The maximum atomic E-state index is 12.3. The summed E-state index contributed by atoms with van der Waals surface area (Å²) in [5.41, 5.74) is 2.96. The lowest BCUT2D eigenvalue weighted by molar-refractivity contribution is 0.581. The molecule has 0 amide bonds. The van der Waals surface area contributed by atoms with Gasteiger partial charge in [0.15, 0.2) is 0 Å². The molecule has 1 aromatic heterocycles. The Balaban J connectivity index is 1.71. The van der Waals surface area contributed by atoms with Gasteiger partial charge in [0.25, 0.3) is 0 Å². The molecule has 7 heteroatoms. The number of sulfonamides is 1. The molecule has 3 aromatic rings. The standard InChI is InChI=1S/C17H16N4O2S/c1-12-20-15-7-6-13(10-16(15)21-12)8-9-19-24(22,23)17-5-3-2-4-14(17)11-18/h2-7,10,19H,8-9H2,1H3,(H,20,21). The lowest BCUT2D eigenvalue weighted by Gasteiger charge is -2.08. The molecule has 0 aliphatic rings. The van der Waals surface area contributed by atoms with Crippen molar-refractivity contribution >= 4 is 21.1 Å². The number of hydrogen-bond acceptors (Lipinski definition) is 4. The number of benzene rings is 2. The van der Waals surface area contributed by atoms with Crippen LogP contribution in [-0.4, -0.2) is 24.9 Å². The van der Waals surface area contributed by atoms with Gasteiger partial charge in [-0.25, -0.2) is 18.1 Å². The fourth-order valence-electron chi connectivity index (χ4n) is 2.54. The SMILES string of the molecule is Cc1nc2ccc(CCNS(=O)(=O)c3ccccc3C#N)cc2[nH]1. The van der Waals surface area contributed by atoms with Crippen molar-refractivity contribution in [2.45, 2.75) is 18.2 Å². The number of aryl methyl sites for hydroxylation is 1. The molecule has 0 aliphatic carbocycles. The minimum atomic E-state index is -3.70. The number of nitrogens with one attached hydrogen (secondary N) is 2. The molecular formula is C17H16N4O2S. The van der Waals surface area contributed by atoms with E-state index in [1.54, 1.807) is 12.1 Å². The summed E-state index contributed by atoms with van der Waals surface area (Å²) in [6.07, 6.45) is 0.544. The predicted octanol–water partition coefficient (Wildman–Crippen LogP) is 2.26. The summed E-state index contributed by atoms with van der Waals surface area (Å²) >= 11 is 0. The summed E-state index contributed by atoms with van der Waals surface area (Å²) in [6, 6.07) is 13.9. The highest BCUT2D eigenvalue weighted by Crippen LogP contribution is 2.15. The van der Waals surface area contributed by atoms with Crippen LogP contribution in [0, 0.1) is 18.3 Å². The van der Waals surface area contributed by atoms with Gasteiger partial charge in [-0.15, -0.1) is 0 Å². The zero-order valence-corrected chi connectivity index (χ0v) is 13.9. The zero-order chi connectivity index (χ0) is 17.2. The van der Waals surface area contributed by atoms with Crippen molar-refractivity contribution in [3.05, 3.63) is 59.4 Å². The fraction of sp³-hybridized carbons (Fsp3) is 0.176. The second-order valence-electron chi connectivity index (χ2n) is 5.43. The van der Waals surface area contributed by atoms with Crippen LogP contribution in [0.25, 0.3) is 11.0 Å². The average Bonchev–Trinajstić information content (AvgIpc) is 2.94. The van der Waals surface area contributed by atoms with Crippen molar-refractivity contribution in [2.75, 3.05) is 6.54 Å². The highest BCUT2D eigenvalue weighted by atomic mass is 32.2. The van der Waals surface area contributed by atoms with Crippen molar-refractivity contribution < 1.29 is 8.42 Å². The van der Waals surface area contributed by atoms with E-state index in [1.165, 1.54) is 12.1 Å². The van der Waals surface area contributed by atoms with Crippen LogP contribution in [0.15, 0.2) is 47.4 Å². The molecule has 0 bridgehead atoms. The minimum absolute atomic E-state index is 0.00662. The summed E-state index contributed by atoms with van der Waals surface area (Å²) in [5.74, 6) is 0.843. The van der Waals surface area contributed by atoms with E-state index in [0.717, 1.165) is 22.4 Å². The molecule has 24 heavy (non-hydrogen) atoms. The maximum absolute atomic E-state index is 12.3. The van der Waals surface area contributed by atoms with E-state index in [0.29, 0.717) is 6.42 Å². The summed E-state index contributed by atoms with van der Waals surface area (Å²) in [5, 5.41) is 9.04. The van der Waals surface area contributed by atoms with E-state index in [9.17, 15) is 8.42 Å². The van der Waals surface area contributed by atoms with Crippen LogP contribution in [0.4, 0.5) is 0 Å². The number of imidazole rings is 1. The van der Waals surface area contributed by atoms with Crippen LogP contribution >= 0.6 is 0 Å². The monoisotopic (exact) mass is 340 g/mol. The second kappa shape index (κ2) is 6.43. The normalized spacial score (nSPS) is 11.5. The third kappa shape index (κ3) is 3.30. The van der Waals surface area contributed by atoms with Crippen molar-refractivity contribution in [1.82, 2.24) is 14.7 Å². The largest absolute Gasteiger partial charge is 0.342 e. The van der Waals surface area contributed by atoms with Gasteiger partial charge in [0, 0.05) is 6.54 Å². The third-order valence-corrected chi connectivity index (χ3v) is 5.19. The van der Waals surface area contributed by atoms with Crippen LogP contribution in [0.1, 0.15) is 17.0 Å². The highest BCUT2D eigenvalue weighted by Gasteiger charge is 2.17. The molecule has 0 fully saturated rings. The first-order valence-corrected chi connectivity index (χ1v) is 8.92. The smallest absolute Gasteiger partial charge is 0.241 e. The van der Waals surface area contributed by atoms with Crippen LogP contribution in [0.2, 0.25) is 0 Å². The molecule has 3 rings (SSSR count). The first kappa shape index (κ1) is 16.2. The Kier molecular flexibility index (Phi) is 4.34. The molecule has 0 saturated carbocycles. The minimum Gasteiger partial charge on any atom is -0.342 e. The molecular weight excluding hydrogens is 324 g/mol. The Morgan fingerprint density at radius 1 is 1.25 bits per heavy atom. The van der Waals surface area contributed by atoms with E-state index in [2.05, 4.69) is 14.7 Å². The quantitative estimate of drug-likeness (QED) is 0.744. The van der Waals surface area contributed by atoms with Gasteiger partial charge in [0.2, 0.25) is 10.0 Å². The number of aromatic nitrogens is 2. The van der Waals surface area contributed by atoms with Crippen LogP contribution in [0.3, 0.4) is 0 Å². The molecule has 122 valence electrons. The molecule has 0 spiro atoms. The highest BCUT2D eigenvalue weighted by molar-refractivity contribution is 7.89. The van der Waals surface area contributed by atoms with Crippen molar-refractivity contribution in [2.24, 2.45) is 0 Å². The van der Waals surface area contributed by atoms with E-state index >= 15 is 0 Å². The first-order valence-electron chi connectivity index (χ1n) is 7.43. The maximum Gasteiger partial charge on any atom is 0.241 e. The third-order valence-electron chi connectivity index (χ3n) is 3.67. The van der Waals surface area contributed by atoms with Crippen LogP contribution < -0.4 is 4.72 Å². The Bertz CT molecular complexity index is 1030. The van der Waals surface area contributed by atoms with Gasteiger partial charge in [-0.05, 0) is 43.2 Å². The molecule has 2 N–H and O–H groups in total. The lowest BCUT2D eigenvalue weighted by Crippen LogP contribution is -2.26. The van der Waals surface area contributed by atoms with Crippen LogP contribution in [-0.2, 0) is 16.4 Å². The van der Waals surface area contributed by atoms with Gasteiger partial charge in [0.1, 0.15) is 11.9 Å². The fourth-order valence-corrected chi connectivity index (χ4v) is 3.73. The molecule has 0 aliphatic heterocycles. The Labute approximate surface area is 140 Å². The number of rotatable bonds is 5. The molecule has 1 heterocycles. The number of aromatic amines is 1. The molecule has 0 unspecified atom stereocenters. The van der Waals surface area contributed by atoms with Gasteiger partial charge >= 0.3 is 0 Å². The first-order chi connectivity index (χ1) is 11.5. The Morgan fingerprint density at radius 2 is 2.04 bits per heavy atom. The zero-order valence-electron chi connectivity index (χ0n) is 13.1. The molecule has 0 atom stereocenters. The van der Waals surface area contributed by atoms with Crippen LogP contribution in [0.5, 0.6) is 0 Å². The van der Waals surface area contributed by atoms with Gasteiger partial charge in [-0.1, -0.05) is 18.2 Å². The Morgan fingerprint density at radius 3 is 2.83 bits per heavy atom. The number of H-pyrrole nitrogens is 1. The predicted molar refractivity (Wildman–Crippen MR) is 90.9 cm³/mol. The van der Waals surface area contributed by atoms with Crippen molar-refractivity contribution in [3.8, 4) is 6.07 Å². The van der Waals surface area contributed by atoms with E-state index in [-0.39, 0.29) is 17.0 Å². The number of fused-ring (bicyclic) bond motifs is 1. The van der Waals surface area contributed by atoms with Gasteiger partial charge < -0.3 is 4.98 Å². The van der Waals surface area contributed by atoms with E-state index < -0.39 is 10.0 Å². The van der Waals surface area contributed by atoms with Crippen molar-refractivity contribution in [3.63, 3.8) is 0 Å². The van der Waals surface area contributed by atoms with E-state index in [1.807, 2.05) is 31.2 Å².